The molecule has 6 heteroatoms. The number of nitrogens with one attached hydrogen (secondary N) is 2. The first kappa shape index (κ1) is 17.9. The summed E-state index contributed by atoms with van der Waals surface area (Å²) in [7, 11) is 0. The monoisotopic (exact) mass is 329 g/mol. The molecule has 1 aromatic carbocycles. The molecule has 0 unspecified atom stereocenters. The second kappa shape index (κ2) is 8.40. The van der Waals surface area contributed by atoms with Gasteiger partial charge in [0.1, 0.15) is 0 Å². The largest absolute Gasteiger partial charge is 0.338 e. The van der Waals surface area contributed by atoms with Crippen LogP contribution in [0.5, 0.6) is 0 Å². The molecule has 0 bridgehead atoms. The van der Waals surface area contributed by atoms with Crippen LogP contribution in [0.2, 0.25) is 0 Å². The van der Waals surface area contributed by atoms with E-state index in [4.69, 9.17) is 0 Å². The van der Waals surface area contributed by atoms with E-state index in [2.05, 4.69) is 10.6 Å². The second-order valence-electron chi connectivity index (χ2n) is 5.84. The Hall–Kier alpha value is -2.47. The first-order valence-corrected chi connectivity index (χ1v) is 8.07. The molecule has 24 heavy (non-hydrogen) atoms. The average molecular weight is 329 g/mol. The van der Waals surface area contributed by atoms with E-state index in [1.807, 2.05) is 0 Å². The van der Waals surface area contributed by atoms with E-state index in [-0.39, 0.29) is 17.6 Å². The van der Waals surface area contributed by atoms with Gasteiger partial charge in [0, 0.05) is 42.5 Å². The Morgan fingerprint density at radius 3 is 2.46 bits per heavy atom. The Bertz CT molecular complexity index is 642. The molecule has 1 aliphatic rings. The fourth-order valence-electron chi connectivity index (χ4n) is 2.43. The molecule has 1 fully saturated rings. The summed E-state index contributed by atoms with van der Waals surface area (Å²) in [5.74, 6) is -0.494. The SMILES string of the molecule is CC(=O)c1ccc(NC(=O)/C(C)=C\C(=O)N2CCCNCC2)cc1. The minimum absolute atomic E-state index is 0.0264. The van der Waals surface area contributed by atoms with Crippen LogP contribution >= 0.6 is 0 Å². The first-order valence-electron chi connectivity index (χ1n) is 8.07. The van der Waals surface area contributed by atoms with Crippen molar-refractivity contribution in [1.82, 2.24) is 10.2 Å². The number of carbonyl (C=O) groups is 3. The minimum atomic E-state index is -0.327. The molecule has 0 saturated carbocycles. The molecule has 0 aromatic heterocycles. The third-order valence-electron chi connectivity index (χ3n) is 3.90. The molecule has 1 heterocycles. The maximum absolute atomic E-state index is 12.2. The summed E-state index contributed by atoms with van der Waals surface area (Å²) in [6, 6.07) is 6.66. The zero-order chi connectivity index (χ0) is 17.5. The summed E-state index contributed by atoms with van der Waals surface area (Å²) in [5.41, 5.74) is 1.53. The Morgan fingerprint density at radius 1 is 1.08 bits per heavy atom. The van der Waals surface area contributed by atoms with E-state index in [1.165, 1.54) is 13.0 Å². The predicted molar refractivity (Wildman–Crippen MR) is 92.9 cm³/mol. The van der Waals surface area contributed by atoms with Crippen molar-refractivity contribution in [2.45, 2.75) is 20.3 Å². The standard InChI is InChI=1S/C18H23N3O3/c1-13(12-17(23)21-10-3-8-19-9-11-21)18(24)20-16-6-4-15(5-7-16)14(2)22/h4-7,12,19H,3,8-11H2,1-2H3,(H,20,24)/b13-12-. The highest BCUT2D eigenvalue weighted by Gasteiger charge is 2.15. The van der Waals surface area contributed by atoms with Gasteiger partial charge in [0.2, 0.25) is 5.91 Å². The average Bonchev–Trinajstić information content (AvgIpc) is 2.84. The fourth-order valence-corrected chi connectivity index (χ4v) is 2.43. The minimum Gasteiger partial charge on any atom is -0.338 e. The van der Waals surface area contributed by atoms with Gasteiger partial charge < -0.3 is 15.5 Å². The molecule has 2 amide bonds. The second-order valence-corrected chi connectivity index (χ2v) is 5.84. The zero-order valence-corrected chi connectivity index (χ0v) is 14.1. The van der Waals surface area contributed by atoms with Crippen LogP contribution in [0.15, 0.2) is 35.9 Å². The smallest absolute Gasteiger partial charge is 0.251 e. The lowest BCUT2D eigenvalue weighted by atomic mass is 10.1. The number of rotatable bonds is 4. The van der Waals surface area contributed by atoms with E-state index < -0.39 is 0 Å². The van der Waals surface area contributed by atoms with Crippen molar-refractivity contribution >= 4 is 23.3 Å². The summed E-state index contributed by atoms with van der Waals surface area (Å²) in [4.78, 5) is 37.4. The molecule has 2 rings (SSSR count). The lowest BCUT2D eigenvalue weighted by molar-refractivity contribution is -0.126. The summed E-state index contributed by atoms with van der Waals surface area (Å²) in [6.07, 6.45) is 2.29. The molecule has 0 aliphatic carbocycles. The van der Waals surface area contributed by atoms with Crippen LogP contribution in [0.25, 0.3) is 0 Å². The van der Waals surface area contributed by atoms with Crippen molar-refractivity contribution in [1.29, 1.82) is 0 Å². The molecule has 6 nitrogen and oxygen atoms in total. The third-order valence-corrected chi connectivity index (χ3v) is 3.90. The molecule has 1 aliphatic heterocycles. The van der Waals surface area contributed by atoms with Crippen molar-refractivity contribution in [2.75, 3.05) is 31.5 Å². The van der Waals surface area contributed by atoms with E-state index in [1.54, 1.807) is 36.1 Å². The third kappa shape index (κ3) is 5.03. The topological polar surface area (TPSA) is 78.5 Å². The number of benzene rings is 1. The van der Waals surface area contributed by atoms with Gasteiger partial charge in [-0.05, 0) is 51.1 Å². The highest BCUT2D eigenvalue weighted by Crippen LogP contribution is 2.11. The van der Waals surface area contributed by atoms with Crippen molar-refractivity contribution in [3.8, 4) is 0 Å². The number of carbonyl (C=O) groups excluding carboxylic acids is 3. The molecule has 0 atom stereocenters. The van der Waals surface area contributed by atoms with Gasteiger partial charge in [-0.25, -0.2) is 0 Å². The normalized spacial score (nSPS) is 15.6. The molecule has 2 N–H and O–H groups in total. The van der Waals surface area contributed by atoms with Crippen LogP contribution < -0.4 is 10.6 Å². The van der Waals surface area contributed by atoms with Crippen molar-refractivity contribution < 1.29 is 14.4 Å². The number of anilines is 1. The van der Waals surface area contributed by atoms with E-state index in [9.17, 15) is 14.4 Å². The maximum atomic E-state index is 12.2. The number of amides is 2. The van der Waals surface area contributed by atoms with Gasteiger partial charge in [-0.2, -0.15) is 0 Å². The lowest BCUT2D eigenvalue weighted by Gasteiger charge is -2.18. The van der Waals surface area contributed by atoms with Crippen molar-refractivity contribution in [2.24, 2.45) is 0 Å². The Kier molecular flexibility index (Phi) is 6.26. The lowest BCUT2D eigenvalue weighted by Crippen LogP contribution is -2.33. The summed E-state index contributed by atoms with van der Waals surface area (Å²) in [5, 5.41) is 5.96. The van der Waals surface area contributed by atoms with Gasteiger partial charge in [0.05, 0.1) is 0 Å². The van der Waals surface area contributed by atoms with Crippen molar-refractivity contribution in [3.63, 3.8) is 0 Å². The molecule has 128 valence electrons. The van der Waals surface area contributed by atoms with Gasteiger partial charge in [-0.15, -0.1) is 0 Å². The number of hydrogen-bond donors (Lipinski definition) is 2. The van der Waals surface area contributed by atoms with Crippen LogP contribution in [0.3, 0.4) is 0 Å². The maximum Gasteiger partial charge on any atom is 0.251 e. The van der Waals surface area contributed by atoms with Crippen LogP contribution in [0, 0.1) is 0 Å². The quantitative estimate of drug-likeness (QED) is 0.650. The Labute approximate surface area is 141 Å². The summed E-state index contributed by atoms with van der Waals surface area (Å²) >= 11 is 0. The fraction of sp³-hybridized carbons (Fsp3) is 0.389. The van der Waals surface area contributed by atoms with Crippen molar-refractivity contribution in [3.05, 3.63) is 41.5 Å². The molecule has 0 spiro atoms. The summed E-state index contributed by atoms with van der Waals surface area (Å²) < 4.78 is 0. The number of Topliss-reactive ketones (excluding diaryl/α,β-unsaturated/α-hetero) is 1. The zero-order valence-electron chi connectivity index (χ0n) is 14.1. The van der Waals surface area contributed by atoms with E-state index >= 15 is 0 Å². The highest BCUT2D eigenvalue weighted by atomic mass is 16.2. The predicted octanol–water partition coefficient (Wildman–Crippen LogP) is 1.60. The molecule has 0 radical (unpaired) electrons. The first-order chi connectivity index (χ1) is 11.5. The van der Waals surface area contributed by atoms with Gasteiger partial charge in [0.15, 0.2) is 5.78 Å². The number of nitrogens with zero attached hydrogens (tertiary/aromatic N) is 1. The van der Waals surface area contributed by atoms with Gasteiger partial charge in [-0.1, -0.05) is 0 Å². The molecular formula is C18H23N3O3. The number of ketones is 1. The Morgan fingerprint density at radius 2 is 1.79 bits per heavy atom. The van der Waals surface area contributed by atoms with Crippen LogP contribution in [-0.2, 0) is 9.59 Å². The van der Waals surface area contributed by atoms with E-state index in [0.29, 0.717) is 29.9 Å². The molecule has 1 saturated heterocycles. The van der Waals surface area contributed by atoms with Crippen LogP contribution in [0.4, 0.5) is 5.69 Å². The summed E-state index contributed by atoms with van der Waals surface area (Å²) in [6.45, 7) is 6.13. The molecular weight excluding hydrogens is 306 g/mol. The van der Waals surface area contributed by atoms with Crippen LogP contribution in [-0.4, -0.2) is 48.7 Å². The number of hydrogen-bond acceptors (Lipinski definition) is 4. The van der Waals surface area contributed by atoms with Crippen LogP contribution in [0.1, 0.15) is 30.6 Å². The van der Waals surface area contributed by atoms with Gasteiger partial charge >= 0.3 is 0 Å². The van der Waals surface area contributed by atoms with E-state index in [0.717, 1.165) is 19.5 Å². The molecule has 1 aromatic rings. The van der Waals surface area contributed by atoms with Gasteiger partial charge in [-0.3, -0.25) is 14.4 Å². The highest BCUT2D eigenvalue weighted by molar-refractivity contribution is 6.07. The Balaban J connectivity index is 1.97. The van der Waals surface area contributed by atoms with Gasteiger partial charge in [0.25, 0.3) is 5.91 Å².